The number of carbonyl (C=O) groups excluding carboxylic acids is 1. The Morgan fingerprint density at radius 1 is 0.926 bits per heavy atom. The van der Waals surface area contributed by atoms with Crippen LogP contribution in [0.1, 0.15) is 16.2 Å². The van der Waals surface area contributed by atoms with E-state index in [1.165, 1.54) is 0 Å². The molecule has 0 radical (unpaired) electrons. The first-order valence-corrected chi connectivity index (χ1v) is 8.06. The zero-order valence-electron chi connectivity index (χ0n) is 13.8. The van der Waals surface area contributed by atoms with Crippen molar-refractivity contribution in [3.63, 3.8) is 0 Å². The molecule has 2 aliphatic rings. The second-order valence-corrected chi connectivity index (χ2v) is 5.72. The van der Waals surface area contributed by atoms with Crippen LogP contribution in [0, 0.1) is 0 Å². The molecule has 0 N–H and O–H groups in total. The van der Waals surface area contributed by atoms with Crippen molar-refractivity contribution in [1.82, 2.24) is 10.1 Å². The molecule has 9 heteroatoms. The molecule has 0 spiro atoms. The molecule has 27 heavy (non-hydrogen) atoms. The van der Waals surface area contributed by atoms with E-state index in [2.05, 4.69) is 10.1 Å². The summed E-state index contributed by atoms with van der Waals surface area (Å²) in [4.78, 5) is 16.4. The van der Waals surface area contributed by atoms with Gasteiger partial charge in [-0.25, -0.2) is 4.79 Å². The van der Waals surface area contributed by atoms with E-state index in [4.69, 9.17) is 28.2 Å². The zero-order chi connectivity index (χ0) is 18.2. The van der Waals surface area contributed by atoms with Gasteiger partial charge in [0.25, 0.3) is 5.89 Å². The fraction of sp³-hybridized carbons (Fsp3) is 0.167. The molecular weight excluding hydrogens is 356 g/mol. The summed E-state index contributed by atoms with van der Waals surface area (Å²) < 4.78 is 31.4. The third kappa shape index (κ3) is 2.88. The van der Waals surface area contributed by atoms with E-state index >= 15 is 0 Å². The first-order chi connectivity index (χ1) is 13.3. The van der Waals surface area contributed by atoms with Crippen molar-refractivity contribution in [1.29, 1.82) is 0 Å². The number of fused-ring (bicyclic) bond motifs is 2. The van der Waals surface area contributed by atoms with E-state index in [9.17, 15) is 4.79 Å². The maximum absolute atomic E-state index is 12.2. The monoisotopic (exact) mass is 368 g/mol. The van der Waals surface area contributed by atoms with Gasteiger partial charge in [-0.05, 0) is 36.4 Å². The average Bonchev–Trinajstić information content (AvgIpc) is 3.44. The zero-order valence-corrected chi connectivity index (χ0v) is 13.8. The van der Waals surface area contributed by atoms with Crippen LogP contribution in [0.15, 0.2) is 40.9 Å². The number of benzene rings is 2. The lowest BCUT2D eigenvalue weighted by atomic mass is 10.2. The van der Waals surface area contributed by atoms with E-state index in [0.717, 1.165) is 0 Å². The summed E-state index contributed by atoms with van der Waals surface area (Å²) in [6.07, 6.45) is 0. The van der Waals surface area contributed by atoms with E-state index in [1.54, 1.807) is 36.4 Å². The van der Waals surface area contributed by atoms with Crippen LogP contribution in [0.4, 0.5) is 0 Å². The Bertz CT molecular complexity index is 1030. The van der Waals surface area contributed by atoms with Gasteiger partial charge in [0, 0.05) is 5.56 Å². The Morgan fingerprint density at radius 3 is 2.44 bits per heavy atom. The molecule has 0 saturated carbocycles. The Kier molecular flexibility index (Phi) is 3.56. The van der Waals surface area contributed by atoms with Crippen molar-refractivity contribution in [3.8, 4) is 34.4 Å². The summed E-state index contributed by atoms with van der Waals surface area (Å²) >= 11 is 0. The number of rotatable bonds is 4. The number of nitrogens with zero attached hydrogens (tertiary/aromatic N) is 2. The number of hydrogen-bond donors (Lipinski definition) is 0. The number of aromatic nitrogens is 2. The molecule has 0 saturated heterocycles. The number of esters is 1. The van der Waals surface area contributed by atoms with Gasteiger partial charge in [0.2, 0.25) is 19.4 Å². The first kappa shape index (κ1) is 15.5. The van der Waals surface area contributed by atoms with Gasteiger partial charge >= 0.3 is 5.97 Å². The molecule has 0 bridgehead atoms. The lowest BCUT2D eigenvalue weighted by Crippen LogP contribution is -2.05. The van der Waals surface area contributed by atoms with Crippen LogP contribution >= 0.6 is 0 Å². The second kappa shape index (κ2) is 6.20. The second-order valence-electron chi connectivity index (χ2n) is 5.72. The fourth-order valence-electron chi connectivity index (χ4n) is 2.70. The molecular formula is C18H12N2O7. The van der Waals surface area contributed by atoms with E-state index < -0.39 is 5.97 Å². The topological polar surface area (TPSA) is 102 Å². The highest BCUT2D eigenvalue weighted by Crippen LogP contribution is 2.35. The maximum Gasteiger partial charge on any atom is 0.338 e. The molecule has 0 aliphatic carbocycles. The van der Waals surface area contributed by atoms with Gasteiger partial charge in [0.05, 0.1) is 5.56 Å². The van der Waals surface area contributed by atoms with Gasteiger partial charge in [0.15, 0.2) is 29.6 Å². The largest absolute Gasteiger partial charge is 0.454 e. The van der Waals surface area contributed by atoms with Crippen molar-refractivity contribution in [2.75, 3.05) is 13.6 Å². The molecule has 136 valence electrons. The Morgan fingerprint density at radius 2 is 1.63 bits per heavy atom. The van der Waals surface area contributed by atoms with E-state index in [1.807, 2.05) is 0 Å². The molecule has 1 aromatic heterocycles. The third-order valence-corrected chi connectivity index (χ3v) is 4.03. The number of carbonyl (C=O) groups is 1. The van der Waals surface area contributed by atoms with Crippen LogP contribution in [0.3, 0.4) is 0 Å². The normalized spacial score (nSPS) is 13.6. The molecule has 0 atom stereocenters. The Hall–Kier alpha value is -3.75. The summed E-state index contributed by atoms with van der Waals surface area (Å²) in [5.74, 6) is 2.40. The van der Waals surface area contributed by atoms with Gasteiger partial charge in [-0.15, -0.1) is 0 Å². The highest BCUT2D eigenvalue weighted by molar-refractivity contribution is 5.90. The minimum Gasteiger partial charge on any atom is -0.454 e. The lowest BCUT2D eigenvalue weighted by Gasteiger charge is -2.03. The highest BCUT2D eigenvalue weighted by Gasteiger charge is 2.19. The predicted molar refractivity (Wildman–Crippen MR) is 87.5 cm³/mol. The van der Waals surface area contributed by atoms with Crippen LogP contribution in [0.25, 0.3) is 11.4 Å². The van der Waals surface area contributed by atoms with Crippen LogP contribution in [0.2, 0.25) is 0 Å². The third-order valence-electron chi connectivity index (χ3n) is 4.03. The van der Waals surface area contributed by atoms with Crippen molar-refractivity contribution in [3.05, 3.63) is 47.9 Å². The smallest absolute Gasteiger partial charge is 0.338 e. The van der Waals surface area contributed by atoms with Crippen LogP contribution in [0.5, 0.6) is 23.0 Å². The Labute approximate surface area is 152 Å². The van der Waals surface area contributed by atoms with Crippen molar-refractivity contribution in [2.45, 2.75) is 6.61 Å². The summed E-state index contributed by atoms with van der Waals surface area (Å²) in [6, 6.07) is 10.1. The Balaban J connectivity index is 1.26. The molecule has 2 aromatic carbocycles. The summed E-state index contributed by atoms with van der Waals surface area (Å²) in [7, 11) is 0. The van der Waals surface area contributed by atoms with Gasteiger partial charge < -0.3 is 28.2 Å². The van der Waals surface area contributed by atoms with Crippen LogP contribution in [-0.4, -0.2) is 29.7 Å². The minimum atomic E-state index is -0.531. The number of ether oxygens (including phenoxy) is 5. The van der Waals surface area contributed by atoms with Gasteiger partial charge in [-0.1, -0.05) is 5.16 Å². The van der Waals surface area contributed by atoms with Gasteiger partial charge in [-0.2, -0.15) is 4.98 Å². The molecule has 3 heterocycles. The van der Waals surface area contributed by atoms with Crippen molar-refractivity contribution < 1.29 is 33.0 Å². The molecule has 0 unspecified atom stereocenters. The molecule has 0 fully saturated rings. The van der Waals surface area contributed by atoms with E-state index in [-0.39, 0.29) is 26.1 Å². The van der Waals surface area contributed by atoms with Gasteiger partial charge in [0.1, 0.15) is 0 Å². The average molecular weight is 368 g/mol. The standard InChI is InChI=1S/C18H12N2O7/c21-18(11-2-4-13-15(6-11)26-9-24-13)22-7-16-19-17(20-27-16)10-1-3-12-14(5-10)25-8-23-12/h1-6H,7-9H2. The summed E-state index contributed by atoms with van der Waals surface area (Å²) in [5, 5.41) is 3.90. The SMILES string of the molecule is O=C(OCc1nc(-c2ccc3c(c2)OCO3)no1)c1ccc2c(c1)OCO2. The van der Waals surface area contributed by atoms with Crippen molar-refractivity contribution in [2.24, 2.45) is 0 Å². The first-order valence-electron chi connectivity index (χ1n) is 8.06. The predicted octanol–water partition coefficient (Wildman–Crippen LogP) is 2.55. The maximum atomic E-state index is 12.2. The van der Waals surface area contributed by atoms with Crippen LogP contribution in [-0.2, 0) is 11.3 Å². The summed E-state index contributed by atoms with van der Waals surface area (Å²) in [6.45, 7) is 0.176. The quantitative estimate of drug-likeness (QED) is 0.643. The molecule has 2 aliphatic heterocycles. The van der Waals surface area contributed by atoms with Crippen molar-refractivity contribution >= 4 is 5.97 Å². The van der Waals surface area contributed by atoms with Crippen LogP contribution < -0.4 is 18.9 Å². The lowest BCUT2D eigenvalue weighted by molar-refractivity contribution is 0.0429. The molecule has 9 nitrogen and oxygen atoms in total. The molecule has 3 aromatic rings. The molecule has 5 rings (SSSR count). The minimum absolute atomic E-state index is 0.137. The highest BCUT2D eigenvalue weighted by atomic mass is 16.7. The number of hydrogen-bond acceptors (Lipinski definition) is 9. The van der Waals surface area contributed by atoms with Gasteiger partial charge in [-0.3, -0.25) is 0 Å². The molecule has 0 amide bonds. The fourth-order valence-corrected chi connectivity index (χ4v) is 2.70. The summed E-state index contributed by atoms with van der Waals surface area (Å²) in [5.41, 5.74) is 1.05. The van der Waals surface area contributed by atoms with E-state index in [0.29, 0.717) is 39.9 Å².